The third-order valence-electron chi connectivity index (χ3n) is 7.62. The summed E-state index contributed by atoms with van der Waals surface area (Å²) in [6, 6.07) is 29.4. The lowest BCUT2D eigenvalue weighted by molar-refractivity contribution is 0.0935. The highest BCUT2D eigenvalue weighted by molar-refractivity contribution is 7.12. The van der Waals surface area contributed by atoms with Crippen molar-refractivity contribution in [2.24, 2.45) is 0 Å². The first-order valence-electron chi connectivity index (χ1n) is 14.5. The molecule has 8 heteroatoms. The topological polar surface area (TPSA) is 67.9 Å². The molecule has 1 aliphatic heterocycles. The molecule has 218 valence electrons. The van der Waals surface area contributed by atoms with Crippen molar-refractivity contribution >= 4 is 34.5 Å². The molecule has 4 aromatic rings. The van der Waals surface area contributed by atoms with Crippen molar-refractivity contribution in [3.8, 4) is 0 Å². The summed E-state index contributed by atoms with van der Waals surface area (Å²) in [6.07, 6.45) is 0.675. The molecule has 0 bridgehead atoms. The van der Waals surface area contributed by atoms with E-state index < -0.39 is 0 Å². The van der Waals surface area contributed by atoms with E-state index in [9.17, 15) is 9.59 Å². The Bertz CT molecular complexity index is 1440. The average Bonchev–Trinajstić information content (AvgIpc) is 3.57. The molecular weight excluding hydrogens is 542 g/mol. The minimum atomic E-state index is -0.194. The number of hydrogen-bond donors (Lipinski definition) is 2. The number of nitrogens with zero attached hydrogens (tertiary/aromatic N) is 3. The zero-order valence-corrected chi connectivity index (χ0v) is 25.1. The Balaban J connectivity index is 1.37. The monoisotopic (exact) mass is 581 g/mol. The van der Waals surface area contributed by atoms with E-state index in [-0.39, 0.29) is 17.9 Å². The van der Waals surface area contributed by atoms with Crippen LogP contribution < -0.4 is 15.5 Å². The molecule has 42 heavy (non-hydrogen) atoms. The lowest BCUT2D eigenvalue weighted by Crippen LogP contribution is -2.48. The fraction of sp³-hybridized carbons (Fsp3) is 0.294. The van der Waals surface area contributed by atoms with Gasteiger partial charge in [0.05, 0.1) is 22.3 Å². The van der Waals surface area contributed by atoms with Crippen LogP contribution in [0.3, 0.4) is 0 Å². The van der Waals surface area contributed by atoms with Crippen molar-refractivity contribution in [3.05, 3.63) is 118 Å². The van der Waals surface area contributed by atoms with E-state index in [0.29, 0.717) is 22.5 Å². The fourth-order valence-corrected chi connectivity index (χ4v) is 5.85. The number of benzene rings is 3. The molecule has 1 fully saturated rings. The Morgan fingerprint density at radius 2 is 1.57 bits per heavy atom. The summed E-state index contributed by atoms with van der Waals surface area (Å²) >= 11 is 1.40. The molecule has 0 radical (unpaired) electrons. The molecular formula is C34H39N5O2S. The third kappa shape index (κ3) is 7.85. The van der Waals surface area contributed by atoms with Crippen LogP contribution in [0.1, 0.15) is 37.2 Å². The SMILES string of the molecule is CN(C)CCN1CCN(c2ccc(C(=O)NC(Cc3ccccc3)c3ccccc3)cc2NC(=O)c2cccs2)CC1. The lowest BCUT2D eigenvalue weighted by Gasteiger charge is -2.37. The lowest BCUT2D eigenvalue weighted by atomic mass is 9.98. The van der Waals surface area contributed by atoms with Gasteiger partial charge in [-0.2, -0.15) is 0 Å². The van der Waals surface area contributed by atoms with Crippen LogP contribution in [-0.2, 0) is 6.42 Å². The van der Waals surface area contributed by atoms with Gasteiger partial charge in [0.25, 0.3) is 11.8 Å². The average molecular weight is 582 g/mol. The second-order valence-corrected chi connectivity index (χ2v) is 11.9. The maximum absolute atomic E-state index is 13.7. The van der Waals surface area contributed by atoms with Gasteiger partial charge in [0.1, 0.15) is 0 Å². The van der Waals surface area contributed by atoms with Gasteiger partial charge in [-0.3, -0.25) is 14.5 Å². The molecule has 7 nitrogen and oxygen atoms in total. The van der Waals surface area contributed by atoms with E-state index in [0.717, 1.165) is 56.1 Å². The number of amides is 2. The van der Waals surface area contributed by atoms with Gasteiger partial charge in [0.2, 0.25) is 0 Å². The Hall–Kier alpha value is -3.98. The van der Waals surface area contributed by atoms with E-state index in [4.69, 9.17) is 0 Å². The fourth-order valence-electron chi connectivity index (χ4n) is 5.23. The second-order valence-electron chi connectivity index (χ2n) is 10.9. The van der Waals surface area contributed by atoms with Gasteiger partial charge >= 0.3 is 0 Å². The van der Waals surface area contributed by atoms with Crippen molar-refractivity contribution in [2.45, 2.75) is 12.5 Å². The maximum atomic E-state index is 13.7. The summed E-state index contributed by atoms with van der Waals surface area (Å²) in [5.41, 5.74) is 4.30. The van der Waals surface area contributed by atoms with Crippen molar-refractivity contribution in [1.29, 1.82) is 0 Å². The van der Waals surface area contributed by atoms with E-state index in [1.165, 1.54) is 11.3 Å². The molecule has 2 amide bonds. The molecule has 1 aromatic heterocycles. The molecule has 0 aliphatic carbocycles. The molecule has 3 aromatic carbocycles. The molecule has 2 heterocycles. The maximum Gasteiger partial charge on any atom is 0.265 e. The Labute approximate surface area is 252 Å². The highest BCUT2D eigenvalue weighted by Gasteiger charge is 2.23. The number of likely N-dealkylation sites (N-methyl/N-ethyl adjacent to an activating group) is 1. The highest BCUT2D eigenvalue weighted by Crippen LogP contribution is 2.30. The summed E-state index contributed by atoms with van der Waals surface area (Å²) in [6.45, 7) is 5.68. The van der Waals surface area contributed by atoms with Crippen molar-refractivity contribution in [2.75, 3.05) is 63.6 Å². The normalized spacial score (nSPS) is 14.5. The van der Waals surface area contributed by atoms with E-state index in [2.05, 4.69) is 51.6 Å². The first-order chi connectivity index (χ1) is 20.5. The number of carbonyl (C=O) groups is 2. The zero-order chi connectivity index (χ0) is 29.3. The minimum Gasteiger partial charge on any atom is -0.367 e. The van der Waals surface area contributed by atoms with Crippen LogP contribution in [0, 0.1) is 0 Å². The first kappa shape index (κ1) is 29.5. The van der Waals surface area contributed by atoms with Gasteiger partial charge in [-0.15, -0.1) is 11.3 Å². The molecule has 5 rings (SSSR count). The van der Waals surface area contributed by atoms with Gasteiger partial charge < -0.3 is 20.4 Å². The summed E-state index contributed by atoms with van der Waals surface area (Å²) in [7, 11) is 4.19. The van der Waals surface area contributed by atoms with Gasteiger partial charge in [0.15, 0.2) is 0 Å². The predicted molar refractivity (Wildman–Crippen MR) is 173 cm³/mol. The van der Waals surface area contributed by atoms with Gasteiger partial charge in [-0.25, -0.2) is 0 Å². The van der Waals surface area contributed by atoms with E-state index >= 15 is 0 Å². The third-order valence-corrected chi connectivity index (χ3v) is 8.49. The summed E-state index contributed by atoms with van der Waals surface area (Å²) < 4.78 is 0. The molecule has 1 aliphatic rings. The molecule has 1 atom stereocenters. The van der Waals surface area contributed by atoms with Crippen LogP contribution in [0.15, 0.2) is 96.4 Å². The number of thiophene rings is 1. The minimum absolute atomic E-state index is 0.167. The van der Waals surface area contributed by atoms with E-state index in [1.807, 2.05) is 84.2 Å². The molecule has 1 unspecified atom stereocenters. The second kappa shape index (κ2) is 14.3. The van der Waals surface area contributed by atoms with E-state index in [1.54, 1.807) is 0 Å². The van der Waals surface area contributed by atoms with Crippen LogP contribution in [0.5, 0.6) is 0 Å². The molecule has 0 saturated carbocycles. The quantitative estimate of drug-likeness (QED) is 0.248. The van der Waals surface area contributed by atoms with Crippen LogP contribution in [0.4, 0.5) is 11.4 Å². The number of rotatable bonds is 11. The predicted octanol–water partition coefficient (Wildman–Crippen LogP) is 5.40. The van der Waals surface area contributed by atoms with Crippen LogP contribution >= 0.6 is 11.3 Å². The zero-order valence-electron chi connectivity index (χ0n) is 24.3. The first-order valence-corrected chi connectivity index (χ1v) is 15.3. The number of piperazine rings is 1. The van der Waals surface area contributed by atoms with Gasteiger partial charge in [0, 0.05) is 44.8 Å². The summed E-state index contributed by atoms with van der Waals surface area (Å²) in [5.74, 6) is -0.342. The Morgan fingerprint density at radius 3 is 2.24 bits per heavy atom. The molecule has 2 N–H and O–H groups in total. The van der Waals surface area contributed by atoms with Crippen LogP contribution in [-0.4, -0.2) is 75.0 Å². The summed E-state index contributed by atoms with van der Waals surface area (Å²) in [4.78, 5) is 34.4. The number of carbonyl (C=O) groups excluding carboxylic acids is 2. The van der Waals surface area contributed by atoms with Gasteiger partial charge in [-0.1, -0.05) is 66.7 Å². The van der Waals surface area contributed by atoms with Crippen LogP contribution in [0.2, 0.25) is 0 Å². The standard InChI is InChI=1S/C34H39N5O2S/c1-37(2)17-18-38-19-21-39(22-20-38)31-16-15-28(25-30(31)36-34(41)32-14-9-23-42-32)33(40)35-29(27-12-7-4-8-13-27)24-26-10-5-3-6-11-26/h3-16,23,25,29H,17-22,24H2,1-2H3,(H,35,40)(H,36,41). The van der Waals surface area contributed by atoms with Crippen molar-refractivity contribution in [1.82, 2.24) is 15.1 Å². The number of hydrogen-bond acceptors (Lipinski definition) is 6. The smallest absolute Gasteiger partial charge is 0.265 e. The summed E-state index contributed by atoms with van der Waals surface area (Å²) in [5, 5.41) is 8.26. The Kier molecular flexibility index (Phi) is 10.0. The molecule has 0 spiro atoms. The van der Waals surface area contributed by atoms with Gasteiger partial charge in [-0.05, 0) is 61.3 Å². The number of anilines is 2. The molecule has 1 saturated heterocycles. The van der Waals surface area contributed by atoms with Crippen molar-refractivity contribution < 1.29 is 9.59 Å². The van der Waals surface area contributed by atoms with Crippen LogP contribution in [0.25, 0.3) is 0 Å². The van der Waals surface area contributed by atoms with Crippen molar-refractivity contribution in [3.63, 3.8) is 0 Å². The highest BCUT2D eigenvalue weighted by atomic mass is 32.1. The number of nitrogens with one attached hydrogen (secondary N) is 2. The Morgan fingerprint density at radius 1 is 0.857 bits per heavy atom. The largest absolute Gasteiger partial charge is 0.367 e.